The van der Waals surface area contributed by atoms with Crippen molar-refractivity contribution in [2.75, 3.05) is 14.1 Å². The number of fused-ring (bicyclic) bond motifs is 1. The van der Waals surface area contributed by atoms with Crippen molar-refractivity contribution >= 4 is 17.1 Å². The molecule has 0 fully saturated rings. The Balaban J connectivity index is 1.96. The third-order valence-corrected chi connectivity index (χ3v) is 3.82. The van der Waals surface area contributed by atoms with E-state index in [1.165, 1.54) is 27.9 Å². The standard InChI is InChI=1S/C17H17F2N5O/c1-17(18,19)12-6-4-11(5-7-12)13-8-20-14-9-21-24(16(14)22-13)10-15(25)23(2)3/h4-9H,10H2,1-3H3. The molecule has 6 nitrogen and oxygen atoms in total. The van der Waals surface area contributed by atoms with E-state index in [9.17, 15) is 13.6 Å². The number of likely N-dealkylation sites (N-methyl/N-ethyl adjacent to an activating group) is 1. The Bertz CT molecular complexity index is 913. The van der Waals surface area contributed by atoms with E-state index in [4.69, 9.17) is 0 Å². The van der Waals surface area contributed by atoms with Gasteiger partial charge in [0.2, 0.25) is 5.91 Å². The van der Waals surface area contributed by atoms with Crippen LogP contribution in [0.3, 0.4) is 0 Å². The summed E-state index contributed by atoms with van der Waals surface area (Å²) >= 11 is 0. The van der Waals surface area contributed by atoms with E-state index < -0.39 is 5.92 Å². The summed E-state index contributed by atoms with van der Waals surface area (Å²) in [5, 5.41) is 4.14. The van der Waals surface area contributed by atoms with Crippen LogP contribution in [-0.4, -0.2) is 44.7 Å². The molecule has 0 aliphatic heterocycles. The van der Waals surface area contributed by atoms with Crippen molar-refractivity contribution in [1.29, 1.82) is 0 Å². The molecule has 0 radical (unpaired) electrons. The minimum Gasteiger partial charge on any atom is -0.347 e. The van der Waals surface area contributed by atoms with Gasteiger partial charge < -0.3 is 4.90 Å². The van der Waals surface area contributed by atoms with Gasteiger partial charge in [0.25, 0.3) is 5.92 Å². The van der Waals surface area contributed by atoms with E-state index in [-0.39, 0.29) is 18.0 Å². The van der Waals surface area contributed by atoms with Crippen LogP contribution in [0.1, 0.15) is 12.5 Å². The lowest BCUT2D eigenvalue weighted by Crippen LogP contribution is -2.26. The molecule has 0 aliphatic carbocycles. The average Bonchev–Trinajstić information content (AvgIpc) is 2.96. The van der Waals surface area contributed by atoms with Crippen molar-refractivity contribution < 1.29 is 13.6 Å². The van der Waals surface area contributed by atoms with Crippen LogP contribution in [0.25, 0.3) is 22.4 Å². The Kier molecular flexibility index (Phi) is 4.20. The first-order valence-electron chi connectivity index (χ1n) is 7.63. The normalized spacial score (nSPS) is 11.7. The predicted octanol–water partition coefficient (Wildman–Crippen LogP) is 2.69. The van der Waals surface area contributed by atoms with Crippen LogP contribution in [0.2, 0.25) is 0 Å². The number of amides is 1. The summed E-state index contributed by atoms with van der Waals surface area (Å²) in [6.45, 7) is 0.907. The highest BCUT2D eigenvalue weighted by Crippen LogP contribution is 2.28. The summed E-state index contributed by atoms with van der Waals surface area (Å²) in [6, 6.07) is 5.89. The minimum atomic E-state index is -2.89. The molecule has 0 unspecified atom stereocenters. The summed E-state index contributed by atoms with van der Waals surface area (Å²) in [5.74, 6) is -3.01. The van der Waals surface area contributed by atoms with Crippen molar-refractivity contribution in [3.8, 4) is 11.3 Å². The van der Waals surface area contributed by atoms with Crippen LogP contribution in [0.5, 0.6) is 0 Å². The molecular formula is C17H17F2N5O. The molecule has 0 aliphatic rings. The van der Waals surface area contributed by atoms with Crippen molar-refractivity contribution in [2.24, 2.45) is 0 Å². The number of carbonyl (C=O) groups is 1. The van der Waals surface area contributed by atoms with E-state index in [0.29, 0.717) is 22.4 Å². The minimum absolute atomic E-state index is 0.0512. The van der Waals surface area contributed by atoms with E-state index in [2.05, 4.69) is 15.1 Å². The van der Waals surface area contributed by atoms with Crippen LogP contribution < -0.4 is 0 Å². The lowest BCUT2D eigenvalue weighted by atomic mass is 10.1. The zero-order chi connectivity index (χ0) is 18.2. The molecule has 0 spiro atoms. The first kappa shape index (κ1) is 16.9. The maximum absolute atomic E-state index is 13.3. The lowest BCUT2D eigenvalue weighted by molar-refractivity contribution is -0.129. The maximum atomic E-state index is 13.3. The zero-order valence-corrected chi connectivity index (χ0v) is 14.1. The highest BCUT2D eigenvalue weighted by atomic mass is 19.3. The number of hydrogen-bond donors (Lipinski definition) is 0. The van der Waals surface area contributed by atoms with Gasteiger partial charge in [-0.1, -0.05) is 24.3 Å². The second kappa shape index (κ2) is 6.19. The Morgan fingerprint density at radius 1 is 1.20 bits per heavy atom. The molecule has 1 aromatic carbocycles. The van der Waals surface area contributed by atoms with Crippen molar-refractivity contribution in [3.05, 3.63) is 42.2 Å². The second-order valence-corrected chi connectivity index (χ2v) is 6.02. The smallest absolute Gasteiger partial charge is 0.270 e. The summed E-state index contributed by atoms with van der Waals surface area (Å²) in [5.41, 5.74) is 2.16. The number of benzene rings is 1. The molecule has 8 heteroatoms. The molecule has 0 saturated carbocycles. The fourth-order valence-corrected chi connectivity index (χ4v) is 2.31. The number of halogens is 2. The fourth-order valence-electron chi connectivity index (χ4n) is 2.31. The fraction of sp³-hybridized carbons (Fsp3) is 0.294. The second-order valence-electron chi connectivity index (χ2n) is 6.02. The van der Waals surface area contributed by atoms with Crippen LogP contribution >= 0.6 is 0 Å². The van der Waals surface area contributed by atoms with Gasteiger partial charge in [0.15, 0.2) is 5.65 Å². The number of alkyl halides is 2. The largest absolute Gasteiger partial charge is 0.347 e. The van der Waals surface area contributed by atoms with Crippen LogP contribution in [-0.2, 0) is 17.3 Å². The Morgan fingerprint density at radius 3 is 2.48 bits per heavy atom. The van der Waals surface area contributed by atoms with Crippen molar-refractivity contribution in [3.63, 3.8) is 0 Å². The van der Waals surface area contributed by atoms with Crippen molar-refractivity contribution in [1.82, 2.24) is 24.6 Å². The highest BCUT2D eigenvalue weighted by Gasteiger charge is 2.23. The molecule has 1 amide bonds. The summed E-state index contributed by atoms with van der Waals surface area (Å²) < 4.78 is 28.1. The van der Waals surface area contributed by atoms with Gasteiger partial charge in [0.1, 0.15) is 12.1 Å². The SMILES string of the molecule is CN(C)C(=O)Cn1ncc2ncc(-c3ccc(C(C)(F)F)cc3)nc21. The maximum Gasteiger partial charge on any atom is 0.270 e. The molecule has 0 saturated heterocycles. The number of hydrogen-bond acceptors (Lipinski definition) is 4. The predicted molar refractivity (Wildman–Crippen MR) is 89.0 cm³/mol. The third kappa shape index (κ3) is 3.47. The molecule has 2 heterocycles. The molecule has 0 atom stereocenters. The van der Waals surface area contributed by atoms with Crippen LogP contribution in [0.15, 0.2) is 36.7 Å². The number of rotatable bonds is 4. The molecule has 3 aromatic rings. The van der Waals surface area contributed by atoms with Crippen molar-refractivity contribution in [2.45, 2.75) is 19.4 Å². The van der Waals surface area contributed by atoms with E-state index in [1.807, 2.05) is 0 Å². The summed E-state index contributed by atoms with van der Waals surface area (Å²) in [4.78, 5) is 22.1. The quantitative estimate of drug-likeness (QED) is 0.729. The van der Waals surface area contributed by atoms with Gasteiger partial charge in [-0.15, -0.1) is 0 Å². The lowest BCUT2D eigenvalue weighted by Gasteiger charge is -2.11. The number of nitrogens with zero attached hydrogens (tertiary/aromatic N) is 5. The zero-order valence-electron chi connectivity index (χ0n) is 14.1. The van der Waals surface area contributed by atoms with Gasteiger partial charge >= 0.3 is 0 Å². The monoisotopic (exact) mass is 345 g/mol. The molecule has 0 N–H and O–H groups in total. The van der Waals surface area contributed by atoms with Gasteiger partial charge in [-0.05, 0) is 0 Å². The molecular weight excluding hydrogens is 328 g/mol. The first-order valence-corrected chi connectivity index (χ1v) is 7.63. The van der Waals surface area contributed by atoms with Gasteiger partial charge in [0.05, 0.1) is 18.1 Å². The highest BCUT2D eigenvalue weighted by molar-refractivity contribution is 5.79. The summed E-state index contributed by atoms with van der Waals surface area (Å²) in [6.07, 6.45) is 3.09. The van der Waals surface area contributed by atoms with Gasteiger partial charge in [-0.25, -0.2) is 23.4 Å². The number of aromatic nitrogens is 4. The topological polar surface area (TPSA) is 63.9 Å². The molecule has 130 valence electrons. The summed E-state index contributed by atoms with van der Waals surface area (Å²) in [7, 11) is 3.33. The van der Waals surface area contributed by atoms with Gasteiger partial charge in [0, 0.05) is 32.1 Å². The average molecular weight is 345 g/mol. The molecule has 0 bridgehead atoms. The molecule has 25 heavy (non-hydrogen) atoms. The number of carbonyl (C=O) groups excluding carboxylic acids is 1. The van der Waals surface area contributed by atoms with E-state index in [1.54, 1.807) is 32.4 Å². The van der Waals surface area contributed by atoms with E-state index >= 15 is 0 Å². The molecule has 2 aromatic heterocycles. The Morgan fingerprint density at radius 2 is 1.88 bits per heavy atom. The van der Waals surface area contributed by atoms with Crippen LogP contribution in [0.4, 0.5) is 8.78 Å². The van der Waals surface area contributed by atoms with Gasteiger partial charge in [-0.2, -0.15) is 5.10 Å². The first-order chi connectivity index (χ1) is 11.8. The third-order valence-electron chi connectivity index (χ3n) is 3.82. The Labute approximate surface area is 143 Å². The van der Waals surface area contributed by atoms with Gasteiger partial charge in [-0.3, -0.25) is 4.79 Å². The van der Waals surface area contributed by atoms with Crippen LogP contribution in [0, 0.1) is 0 Å². The Hall–Kier alpha value is -2.90. The van der Waals surface area contributed by atoms with E-state index in [0.717, 1.165) is 6.92 Å². The molecule has 3 rings (SSSR count).